The van der Waals surface area contributed by atoms with Gasteiger partial charge in [-0.05, 0) is 0 Å². The molecule has 0 aromatic carbocycles. The van der Waals surface area contributed by atoms with E-state index in [9.17, 15) is 30.0 Å². The molecule has 126 valence electrons. The Kier molecular flexibility index (Phi) is 4.69. The standard InChI is InChI=1S/C10H18N4O8/c1-22-4-14-8(19)6(17)12(10(14)21)2-11-5(16)7(18)13(3-15)9(11)20/h5-8,15-19H,2-4H2,1H3. The van der Waals surface area contributed by atoms with Crippen molar-refractivity contribution in [2.45, 2.75) is 24.9 Å². The Labute approximate surface area is 124 Å². The molecule has 12 nitrogen and oxygen atoms in total. The van der Waals surface area contributed by atoms with Crippen LogP contribution in [0.5, 0.6) is 0 Å². The average molecular weight is 322 g/mol. The van der Waals surface area contributed by atoms with Crippen LogP contribution in [0.15, 0.2) is 0 Å². The molecule has 12 heteroatoms. The molecule has 4 unspecified atom stereocenters. The van der Waals surface area contributed by atoms with E-state index in [2.05, 4.69) is 0 Å². The van der Waals surface area contributed by atoms with Crippen LogP contribution in [0.25, 0.3) is 0 Å². The van der Waals surface area contributed by atoms with E-state index in [4.69, 9.17) is 9.84 Å². The minimum absolute atomic E-state index is 0.282. The van der Waals surface area contributed by atoms with Crippen LogP contribution in [0.3, 0.4) is 0 Å². The fourth-order valence-corrected chi connectivity index (χ4v) is 2.29. The summed E-state index contributed by atoms with van der Waals surface area (Å²) in [5, 5.41) is 48.0. The third-order valence-electron chi connectivity index (χ3n) is 3.52. The van der Waals surface area contributed by atoms with E-state index in [1.54, 1.807) is 0 Å². The van der Waals surface area contributed by atoms with Gasteiger partial charge in [0.1, 0.15) is 20.1 Å². The number of carbonyl (C=O) groups is 2. The Morgan fingerprint density at radius 1 is 0.864 bits per heavy atom. The van der Waals surface area contributed by atoms with Gasteiger partial charge in [-0.1, -0.05) is 0 Å². The molecule has 0 aromatic heterocycles. The predicted molar refractivity (Wildman–Crippen MR) is 66.0 cm³/mol. The van der Waals surface area contributed by atoms with E-state index in [0.717, 1.165) is 9.80 Å². The number of aliphatic hydroxyl groups is 5. The molecule has 0 bridgehead atoms. The van der Waals surface area contributed by atoms with Gasteiger partial charge in [-0.2, -0.15) is 0 Å². The van der Waals surface area contributed by atoms with Crippen LogP contribution in [0.4, 0.5) is 9.59 Å². The highest BCUT2D eigenvalue weighted by Crippen LogP contribution is 2.24. The fourth-order valence-electron chi connectivity index (χ4n) is 2.29. The summed E-state index contributed by atoms with van der Waals surface area (Å²) < 4.78 is 4.72. The maximum atomic E-state index is 12.1. The molecule has 0 saturated carbocycles. The van der Waals surface area contributed by atoms with Gasteiger partial charge in [0.15, 0.2) is 24.9 Å². The van der Waals surface area contributed by atoms with Crippen molar-refractivity contribution in [3.05, 3.63) is 0 Å². The number of carbonyl (C=O) groups excluding carboxylic acids is 2. The number of amides is 4. The minimum atomic E-state index is -1.70. The van der Waals surface area contributed by atoms with Gasteiger partial charge in [0.2, 0.25) is 0 Å². The second-order valence-electron chi connectivity index (χ2n) is 4.80. The van der Waals surface area contributed by atoms with Crippen molar-refractivity contribution in [1.82, 2.24) is 19.6 Å². The van der Waals surface area contributed by atoms with Crippen LogP contribution in [-0.4, -0.2) is 109 Å². The number of hydrogen-bond donors (Lipinski definition) is 5. The highest BCUT2D eigenvalue weighted by Gasteiger charge is 2.49. The third-order valence-corrected chi connectivity index (χ3v) is 3.52. The summed E-state index contributed by atoms with van der Waals surface area (Å²) in [4.78, 5) is 26.7. The number of urea groups is 2. The van der Waals surface area contributed by atoms with Crippen LogP contribution < -0.4 is 0 Å². The van der Waals surface area contributed by atoms with Gasteiger partial charge >= 0.3 is 12.1 Å². The van der Waals surface area contributed by atoms with Gasteiger partial charge in [0.25, 0.3) is 0 Å². The summed E-state index contributed by atoms with van der Waals surface area (Å²) >= 11 is 0. The SMILES string of the molecule is COCN1C(=O)N(CN2C(=O)N(CO)C(O)C2O)C(O)C1O. The Morgan fingerprint density at radius 3 is 1.68 bits per heavy atom. The van der Waals surface area contributed by atoms with Gasteiger partial charge < -0.3 is 30.3 Å². The Hall–Kier alpha value is -1.70. The second-order valence-corrected chi connectivity index (χ2v) is 4.80. The lowest BCUT2D eigenvalue weighted by Crippen LogP contribution is -2.48. The van der Waals surface area contributed by atoms with E-state index in [0.29, 0.717) is 9.80 Å². The van der Waals surface area contributed by atoms with Crippen LogP contribution in [0, 0.1) is 0 Å². The van der Waals surface area contributed by atoms with Crippen LogP contribution in [0.1, 0.15) is 0 Å². The fraction of sp³-hybridized carbons (Fsp3) is 0.800. The highest BCUT2D eigenvalue weighted by molar-refractivity contribution is 5.80. The van der Waals surface area contributed by atoms with E-state index in [1.807, 2.05) is 0 Å². The van der Waals surface area contributed by atoms with Crippen molar-refractivity contribution >= 4 is 12.1 Å². The molecule has 2 fully saturated rings. The van der Waals surface area contributed by atoms with Crippen molar-refractivity contribution < 1.29 is 39.9 Å². The molecular formula is C10H18N4O8. The normalized spacial score (nSPS) is 32.6. The zero-order valence-corrected chi connectivity index (χ0v) is 11.7. The number of ether oxygens (including phenoxy) is 1. The van der Waals surface area contributed by atoms with Crippen molar-refractivity contribution in [2.24, 2.45) is 0 Å². The third kappa shape index (κ3) is 2.45. The quantitative estimate of drug-likeness (QED) is 0.345. The summed E-state index contributed by atoms with van der Waals surface area (Å²) in [5.74, 6) is 0. The molecule has 2 rings (SSSR count). The maximum Gasteiger partial charge on any atom is 0.327 e. The number of nitrogens with zero attached hydrogens (tertiary/aromatic N) is 4. The molecule has 22 heavy (non-hydrogen) atoms. The Balaban J connectivity index is 2.13. The van der Waals surface area contributed by atoms with Gasteiger partial charge in [0, 0.05) is 7.11 Å². The zero-order chi connectivity index (χ0) is 16.6. The molecule has 2 saturated heterocycles. The molecule has 0 radical (unpaired) electrons. The molecular weight excluding hydrogens is 304 g/mol. The van der Waals surface area contributed by atoms with Crippen molar-refractivity contribution in [3.63, 3.8) is 0 Å². The Morgan fingerprint density at radius 2 is 1.27 bits per heavy atom. The second kappa shape index (κ2) is 6.20. The first-order chi connectivity index (χ1) is 10.3. The monoisotopic (exact) mass is 322 g/mol. The lowest BCUT2D eigenvalue weighted by atomic mass is 10.4. The first kappa shape index (κ1) is 16.7. The molecule has 2 heterocycles. The van der Waals surface area contributed by atoms with Crippen LogP contribution in [0.2, 0.25) is 0 Å². The van der Waals surface area contributed by atoms with E-state index < -0.39 is 50.4 Å². The maximum absolute atomic E-state index is 12.1. The number of rotatable bonds is 5. The van der Waals surface area contributed by atoms with E-state index in [-0.39, 0.29) is 6.73 Å². The largest absolute Gasteiger partial charge is 0.376 e. The molecule has 0 aliphatic carbocycles. The molecule has 5 N–H and O–H groups in total. The van der Waals surface area contributed by atoms with Gasteiger partial charge in [-0.25, -0.2) is 9.59 Å². The van der Waals surface area contributed by atoms with Crippen molar-refractivity contribution in [1.29, 1.82) is 0 Å². The number of methoxy groups -OCH3 is 1. The van der Waals surface area contributed by atoms with Gasteiger partial charge in [-0.15, -0.1) is 0 Å². The molecule has 4 atom stereocenters. The van der Waals surface area contributed by atoms with Gasteiger partial charge in [-0.3, -0.25) is 19.6 Å². The highest BCUT2D eigenvalue weighted by atomic mass is 16.5. The predicted octanol–water partition coefficient (Wildman–Crippen LogP) is -3.75. The van der Waals surface area contributed by atoms with E-state index in [1.165, 1.54) is 7.11 Å². The first-order valence-electron chi connectivity index (χ1n) is 6.31. The number of aliphatic hydroxyl groups excluding tert-OH is 5. The first-order valence-corrected chi connectivity index (χ1v) is 6.31. The molecule has 4 amide bonds. The van der Waals surface area contributed by atoms with Crippen LogP contribution >= 0.6 is 0 Å². The summed E-state index contributed by atoms with van der Waals surface area (Å²) in [6.07, 6.45) is -6.59. The topological polar surface area (TPSA) is 157 Å². The molecule has 0 spiro atoms. The summed E-state index contributed by atoms with van der Waals surface area (Å²) in [5.41, 5.74) is 0. The summed E-state index contributed by atoms with van der Waals surface area (Å²) in [7, 11) is 1.29. The molecule has 2 aliphatic heterocycles. The molecule has 0 aromatic rings. The number of hydrogen-bond acceptors (Lipinski definition) is 8. The summed E-state index contributed by atoms with van der Waals surface area (Å²) in [6.45, 7) is -1.71. The lowest BCUT2D eigenvalue weighted by molar-refractivity contribution is -0.108. The lowest BCUT2D eigenvalue weighted by Gasteiger charge is -2.27. The van der Waals surface area contributed by atoms with Crippen molar-refractivity contribution in [3.8, 4) is 0 Å². The van der Waals surface area contributed by atoms with Crippen molar-refractivity contribution in [2.75, 3.05) is 27.2 Å². The summed E-state index contributed by atoms with van der Waals surface area (Å²) in [6, 6.07) is -1.75. The van der Waals surface area contributed by atoms with E-state index >= 15 is 0 Å². The Bertz CT molecular complexity index is 451. The van der Waals surface area contributed by atoms with Crippen LogP contribution in [-0.2, 0) is 4.74 Å². The molecule has 2 aliphatic rings. The van der Waals surface area contributed by atoms with Gasteiger partial charge in [0.05, 0.1) is 0 Å². The average Bonchev–Trinajstić information content (AvgIpc) is 2.81. The minimum Gasteiger partial charge on any atom is -0.376 e. The zero-order valence-electron chi connectivity index (χ0n) is 11.7. The smallest absolute Gasteiger partial charge is 0.327 e.